The lowest BCUT2D eigenvalue weighted by atomic mass is 9.82. The summed E-state index contributed by atoms with van der Waals surface area (Å²) in [4.78, 5) is 5.74. The van der Waals surface area contributed by atoms with E-state index in [9.17, 15) is 0 Å². The Labute approximate surface area is 129 Å². The Morgan fingerprint density at radius 2 is 2.10 bits per heavy atom. The van der Waals surface area contributed by atoms with E-state index < -0.39 is 5.54 Å². The van der Waals surface area contributed by atoms with Crippen LogP contribution in [0.3, 0.4) is 0 Å². The standard InChI is InChI=1S/C16H21N3OS/c1-12-6-5-7-13(10-12)21-11-14-18-15(20-19-14)16(17)8-3-2-4-9-16/h5-7,10H,2-4,8-9,11,17H2,1H3. The van der Waals surface area contributed by atoms with Gasteiger partial charge in [0.2, 0.25) is 5.89 Å². The van der Waals surface area contributed by atoms with Gasteiger partial charge in [-0.15, -0.1) is 11.8 Å². The number of nitrogens with zero attached hydrogens (tertiary/aromatic N) is 2. The average Bonchev–Trinajstić information content (AvgIpc) is 2.96. The van der Waals surface area contributed by atoms with Crippen molar-refractivity contribution < 1.29 is 4.52 Å². The summed E-state index contributed by atoms with van der Waals surface area (Å²) in [6.07, 6.45) is 5.43. The van der Waals surface area contributed by atoms with Crippen LogP contribution in [-0.4, -0.2) is 10.1 Å². The van der Waals surface area contributed by atoms with E-state index in [1.54, 1.807) is 11.8 Å². The van der Waals surface area contributed by atoms with E-state index in [1.807, 2.05) is 0 Å². The van der Waals surface area contributed by atoms with Crippen LogP contribution in [0.5, 0.6) is 0 Å². The SMILES string of the molecule is Cc1cccc(SCc2noc(C3(N)CCCCC3)n2)c1. The summed E-state index contributed by atoms with van der Waals surface area (Å²) in [5, 5.41) is 4.09. The molecule has 112 valence electrons. The number of aromatic nitrogens is 2. The molecule has 1 aromatic carbocycles. The van der Waals surface area contributed by atoms with Crippen LogP contribution in [0.25, 0.3) is 0 Å². The van der Waals surface area contributed by atoms with Gasteiger partial charge in [0.1, 0.15) is 0 Å². The maximum Gasteiger partial charge on any atom is 0.246 e. The van der Waals surface area contributed by atoms with Crippen LogP contribution >= 0.6 is 11.8 Å². The highest BCUT2D eigenvalue weighted by Gasteiger charge is 2.35. The fraction of sp³-hybridized carbons (Fsp3) is 0.500. The number of thioether (sulfide) groups is 1. The van der Waals surface area contributed by atoms with Crippen molar-refractivity contribution >= 4 is 11.8 Å². The molecule has 1 aromatic heterocycles. The van der Waals surface area contributed by atoms with Crippen LogP contribution in [-0.2, 0) is 11.3 Å². The molecule has 1 aliphatic rings. The molecule has 0 bridgehead atoms. The summed E-state index contributed by atoms with van der Waals surface area (Å²) in [5.74, 6) is 2.05. The van der Waals surface area contributed by atoms with Gasteiger partial charge in [0.05, 0.1) is 11.3 Å². The van der Waals surface area contributed by atoms with Crippen LogP contribution in [0.15, 0.2) is 33.7 Å². The van der Waals surface area contributed by atoms with Crippen molar-refractivity contribution in [2.45, 2.75) is 55.2 Å². The first kappa shape index (κ1) is 14.6. The van der Waals surface area contributed by atoms with Crippen molar-refractivity contribution in [3.05, 3.63) is 41.5 Å². The molecule has 3 rings (SSSR count). The zero-order valence-electron chi connectivity index (χ0n) is 12.3. The van der Waals surface area contributed by atoms with Gasteiger partial charge in [-0.05, 0) is 31.9 Å². The summed E-state index contributed by atoms with van der Waals surface area (Å²) < 4.78 is 5.42. The Hall–Kier alpha value is -1.33. The molecule has 1 saturated carbocycles. The second-order valence-electron chi connectivity index (χ2n) is 5.84. The number of rotatable bonds is 4. The summed E-state index contributed by atoms with van der Waals surface area (Å²) in [6.45, 7) is 2.10. The van der Waals surface area contributed by atoms with Gasteiger partial charge >= 0.3 is 0 Å². The minimum absolute atomic E-state index is 0.405. The summed E-state index contributed by atoms with van der Waals surface area (Å²) >= 11 is 1.72. The predicted octanol–water partition coefficient (Wildman–Crippen LogP) is 3.79. The molecule has 0 aliphatic heterocycles. The summed E-state index contributed by atoms with van der Waals surface area (Å²) in [5.41, 5.74) is 7.27. The molecule has 2 N–H and O–H groups in total. The smallest absolute Gasteiger partial charge is 0.246 e. The molecule has 0 unspecified atom stereocenters. The first-order valence-corrected chi connectivity index (χ1v) is 8.46. The van der Waals surface area contributed by atoms with E-state index in [1.165, 1.54) is 16.9 Å². The summed E-state index contributed by atoms with van der Waals surface area (Å²) in [6, 6.07) is 8.43. The fourth-order valence-corrected chi connectivity index (χ4v) is 3.62. The molecule has 21 heavy (non-hydrogen) atoms. The molecule has 0 atom stereocenters. The topological polar surface area (TPSA) is 64.9 Å². The number of benzene rings is 1. The Morgan fingerprint density at radius 1 is 1.29 bits per heavy atom. The van der Waals surface area contributed by atoms with E-state index >= 15 is 0 Å². The lowest BCUT2D eigenvalue weighted by Gasteiger charge is -2.29. The van der Waals surface area contributed by atoms with E-state index in [2.05, 4.69) is 41.3 Å². The van der Waals surface area contributed by atoms with Gasteiger partial charge < -0.3 is 10.3 Å². The second kappa shape index (κ2) is 6.20. The number of hydrogen-bond acceptors (Lipinski definition) is 5. The maximum absolute atomic E-state index is 6.42. The lowest BCUT2D eigenvalue weighted by Crippen LogP contribution is -2.38. The lowest BCUT2D eigenvalue weighted by molar-refractivity contribution is 0.219. The highest BCUT2D eigenvalue weighted by molar-refractivity contribution is 7.98. The average molecular weight is 303 g/mol. The first-order valence-electron chi connectivity index (χ1n) is 7.47. The Bertz CT molecular complexity index is 605. The Morgan fingerprint density at radius 3 is 2.86 bits per heavy atom. The third-order valence-electron chi connectivity index (χ3n) is 4.00. The third-order valence-corrected chi connectivity index (χ3v) is 4.99. The molecule has 1 fully saturated rings. The molecule has 2 aromatic rings. The number of aryl methyl sites for hydroxylation is 1. The number of hydrogen-bond donors (Lipinski definition) is 1. The molecule has 0 spiro atoms. The Balaban J connectivity index is 1.65. The van der Waals surface area contributed by atoms with E-state index in [4.69, 9.17) is 10.3 Å². The van der Waals surface area contributed by atoms with Crippen molar-refractivity contribution in [3.8, 4) is 0 Å². The molecular weight excluding hydrogens is 282 g/mol. The molecular formula is C16H21N3OS. The van der Waals surface area contributed by atoms with Gasteiger partial charge in [0.15, 0.2) is 5.82 Å². The van der Waals surface area contributed by atoms with E-state index in [0.717, 1.165) is 31.5 Å². The fourth-order valence-electron chi connectivity index (χ4n) is 2.76. The van der Waals surface area contributed by atoms with Crippen LogP contribution in [0.2, 0.25) is 0 Å². The first-order chi connectivity index (χ1) is 10.2. The van der Waals surface area contributed by atoms with Crippen LogP contribution in [0, 0.1) is 6.92 Å². The zero-order valence-corrected chi connectivity index (χ0v) is 13.2. The largest absolute Gasteiger partial charge is 0.337 e. The monoisotopic (exact) mass is 303 g/mol. The third kappa shape index (κ3) is 3.47. The minimum atomic E-state index is -0.405. The van der Waals surface area contributed by atoms with Crippen molar-refractivity contribution in [2.24, 2.45) is 5.73 Å². The normalized spacial score (nSPS) is 17.8. The van der Waals surface area contributed by atoms with E-state index in [0.29, 0.717) is 11.6 Å². The van der Waals surface area contributed by atoms with Gasteiger partial charge in [-0.3, -0.25) is 0 Å². The van der Waals surface area contributed by atoms with Crippen molar-refractivity contribution in [3.63, 3.8) is 0 Å². The van der Waals surface area contributed by atoms with Crippen LogP contribution in [0.4, 0.5) is 0 Å². The summed E-state index contributed by atoms with van der Waals surface area (Å²) in [7, 11) is 0. The van der Waals surface area contributed by atoms with Gasteiger partial charge in [-0.1, -0.05) is 42.1 Å². The molecule has 0 saturated heterocycles. The van der Waals surface area contributed by atoms with Crippen LogP contribution < -0.4 is 5.73 Å². The van der Waals surface area contributed by atoms with Gasteiger partial charge in [-0.2, -0.15) is 4.98 Å². The zero-order chi connectivity index (χ0) is 14.7. The van der Waals surface area contributed by atoms with Crippen molar-refractivity contribution in [2.75, 3.05) is 0 Å². The highest BCUT2D eigenvalue weighted by Crippen LogP contribution is 2.34. The number of nitrogens with two attached hydrogens (primary N) is 1. The van der Waals surface area contributed by atoms with E-state index in [-0.39, 0.29) is 0 Å². The quantitative estimate of drug-likeness (QED) is 0.871. The van der Waals surface area contributed by atoms with Gasteiger partial charge in [-0.25, -0.2) is 0 Å². The van der Waals surface area contributed by atoms with Crippen molar-refractivity contribution in [1.29, 1.82) is 0 Å². The Kier molecular flexibility index (Phi) is 4.31. The molecule has 1 heterocycles. The molecule has 1 aliphatic carbocycles. The van der Waals surface area contributed by atoms with Crippen LogP contribution in [0.1, 0.15) is 49.4 Å². The minimum Gasteiger partial charge on any atom is -0.337 e. The molecule has 0 radical (unpaired) electrons. The van der Waals surface area contributed by atoms with Crippen molar-refractivity contribution in [1.82, 2.24) is 10.1 Å². The maximum atomic E-state index is 6.42. The second-order valence-corrected chi connectivity index (χ2v) is 6.89. The predicted molar refractivity (Wildman–Crippen MR) is 84.0 cm³/mol. The molecule has 5 heteroatoms. The van der Waals surface area contributed by atoms with Gasteiger partial charge in [0, 0.05) is 4.90 Å². The molecule has 0 amide bonds. The molecule has 4 nitrogen and oxygen atoms in total. The highest BCUT2D eigenvalue weighted by atomic mass is 32.2. The van der Waals surface area contributed by atoms with Gasteiger partial charge in [0.25, 0.3) is 0 Å².